The molecule has 0 aliphatic carbocycles. The molecule has 19 heavy (non-hydrogen) atoms. The Bertz CT molecular complexity index is 488. The fourth-order valence-corrected chi connectivity index (χ4v) is 1.36. The second kappa shape index (κ2) is 7.10. The van der Waals surface area contributed by atoms with Crippen molar-refractivity contribution in [2.75, 3.05) is 11.9 Å². The van der Waals surface area contributed by atoms with Crippen LogP contribution >= 0.6 is 0 Å². The number of anilines is 1. The van der Waals surface area contributed by atoms with Crippen LogP contribution in [0.3, 0.4) is 0 Å². The first kappa shape index (κ1) is 14.6. The molecule has 0 spiro atoms. The van der Waals surface area contributed by atoms with Gasteiger partial charge in [0, 0.05) is 31.6 Å². The molecule has 1 aromatic heterocycles. The second-order valence-electron chi connectivity index (χ2n) is 3.86. The molecule has 1 heterocycles. The number of nitrogens with zero attached hydrogens (tertiary/aromatic N) is 1. The van der Waals surface area contributed by atoms with Gasteiger partial charge in [-0.25, -0.2) is 4.98 Å². The molecule has 102 valence electrons. The van der Waals surface area contributed by atoms with Crippen molar-refractivity contribution in [3.63, 3.8) is 0 Å². The average molecular weight is 265 g/mol. The Hall–Kier alpha value is -2.44. The normalized spacial score (nSPS) is 9.74. The Morgan fingerprint density at radius 3 is 2.74 bits per heavy atom. The van der Waals surface area contributed by atoms with E-state index in [1.807, 2.05) is 0 Å². The highest BCUT2D eigenvalue weighted by Gasteiger charge is 2.07. The minimum atomic E-state index is -0.897. The van der Waals surface area contributed by atoms with Gasteiger partial charge in [-0.15, -0.1) is 0 Å². The number of carbonyl (C=O) groups is 3. The SMILES string of the molecule is CC(=O)Nc1cc(C(=O)NCCCC(=O)O)ccn1. The maximum atomic E-state index is 11.7. The number of hydrogen-bond acceptors (Lipinski definition) is 4. The number of nitrogens with one attached hydrogen (secondary N) is 2. The Morgan fingerprint density at radius 1 is 1.37 bits per heavy atom. The van der Waals surface area contributed by atoms with Crippen LogP contribution in [0.25, 0.3) is 0 Å². The lowest BCUT2D eigenvalue weighted by molar-refractivity contribution is -0.137. The molecule has 0 saturated heterocycles. The third kappa shape index (κ3) is 5.62. The first-order valence-corrected chi connectivity index (χ1v) is 5.72. The highest BCUT2D eigenvalue weighted by molar-refractivity contribution is 5.96. The molecule has 7 heteroatoms. The van der Waals surface area contributed by atoms with E-state index >= 15 is 0 Å². The summed E-state index contributed by atoms with van der Waals surface area (Å²) in [5, 5.41) is 13.5. The van der Waals surface area contributed by atoms with Gasteiger partial charge in [0.05, 0.1) is 0 Å². The Morgan fingerprint density at radius 2 is 2.11 bits per heavy atom. The zero-order valence-electron chi connectivity index (χ0n) is 10.5. The summed E-state index contributed by atoms with van der Waals surface area (Å²) in [4.78, 5) is 36.8. The van der Waals surface area contributed by atoms with Crippen molar-refractivity contribution >= 4 is 23.6 Å². The molecule has 0 aromatic carbocycles. The smallest absolute Gasteiger partial charge is 0.303 e. The Kier molecular flexibility index (Phi) is 5.46. The van der Waals surface area contributed by atoms with Gasteiger partial charge >= 0.3 is 5.97 Å². The van der Waals surface area contributed by atoms with Crippen LogP contribution in [0.2, 0.25) is 0 Å². The largest absolute Gasteiger partial charge is 0.481 e. The lowest BCUT2D eigenvalue weighted by atomic mass is 10.2. The molecule has 1 aromatic rings. The third-order valence-corrected chi connectivity index (χ3v) is 2.18. The van der Waals surface area contributed by atoms with Crippen LogP contribution in [0.1, 0.15) is 30.1 Å². The van der Waals surface area contributed by atoms with E-state index in [4.69, 9.17) is 5.11 Å². The summed E-state index contributed by atoms with van der Waals surface area (Å²) in [7, 11) is 0. The predicted octanol–water partition coefficient (Wildman–Crippen LogP) is 0.635. The summed E-state index contributed by atoms with van der Waals surface area (Å²) in [5.74, 6) is -1.21. The molecule has 0 fully saturated rings. The van der Waals surface area contributed by atoms with Crippen molar-refractivity contribution in [3.05, 3.63) is 23.9 Å². The zero-order valence-corrected chi connectivity index (χ0v) is 10.5. The molecule has 0 aliphatic rings. The standard InChI is InChI=1S/C12H15N3O4/c1-8(16)15-10-7-9(4-6-13-10)12(19)14-5-2-3-11(17)18/h4,6-7H,2-3,5H2,1H3,(H,14,19)(H,17,18)(H,13,15,16). The summed E-state index contributed by atoms with van der Waals surface area (Å²) >= 11 is 0. The van der Waals surface area contributed by atoms with Gasteiger partial charge in [-0.3, -0.25) is 14.4 Å². The molecule has 0 bridgehead atoms. The first-order valence-electron chi connectivity index (χ1n) is 5.72. The quantitative estimate of drug-likeness (QED) is 0.654. The van der Waals surface area contributed by atoms with Gasteiger partial charge in [0.1, 0.15) is 5.82 Å². The number of aromatic nitrogens is 1. The molecule has 0 atom stereocenters. The number of carbonyl (C=O) groups excluding carboxylic acids is 2. The van der Waals surface area contributed by atoms with Crippen LogP contribution in [0.15, 0.2) is 18.3 Å². The second-order valence-corrected chi connectivity index (χ2v) is 3.86. The van der Waals surface area contributed by atoms with E-state index in [9.17, 15) is 14.4 Å². The Labute approximate surface area is 110 Å². The predicted molar refractivity (Wildman–Crippen MR) is 67.7 cm³/mol. The summed E-state index contributed by atoms with van der Waals surface area (Å²) in [6, 6.07) is 2.96. The number of carboxylic acid groups (broad SMARTS) is 1. The number of rotatable bonds is 6. The molecule has 0 saturated carbocycles. The van der Waals surface area contributed by atoms with Gasteiger partial charge in [-0.1, -0.05) is 0 Å². The van der Waals surface area contributed by atoms with Crippen molar-refractivity contribution in [3.8, 4) is 0 Å². The van der Waals surface area contributed by atoms with Gasteiger partial charge in [0.2, 0.25) is 5.91 Å². The maximum absolute atomic E-state index is 11.7. The topological polar surface area (TPSA) is 108 Å². The number of aliphatic carboxylic acids is 1. The van der Waals surface area contributed by atoms with Crippen LogP contribution in [-0.4, -0.2) is 34.4 Å². The average Bonchev–Trinajstić information content (AvgIpc) is 2.33. The van der Waals surface area contributed by atoms with Crippen LogP contribution in [0, 0.1) is 0 Å². The maximum Gasteiger partial charge on any atom is 0.303 e. The molecule has 0 radical (unpaired) electrons. The van der Waals surface area contributed by atoms with E-state index in [2.05, 4.69) is 15.6 Å². The lowest BCUT2D eigenvalue weighted by Crippen LogP contribution is -2.25. The van der Waals surface area contributed by atoms with Crippen LogP contribution in [0.4, 0.5) is 5.82 Å². The van der Waals surface area contributed by atoms with Crippen molar-refractivity contribution in [2.24, 2.45) is 0 Å². The number of carboxylic acids is 1. The zero-order chi connectivity index (χ0) is 14.3. The van der Waals surface area contributed by atoms with E-state index in [-0.39, 0.29) is 24.8 Å². The van der Waals surface area contributed by atoms with Crippen molar-refractivity contribution < 1.29 is 19.5 Å². The van der Waals surface area contributed by atoms with Gasteiger partial charge in [0.15, 0.2) is 0 Å². The summed E-state index contributed by atoms with van der Waals surface area (Å²) < 4.78 is 0. The molecular formula is C12H15N3O4. The van der Waals surface area contributed by atoms with Gasteiger partial charge in [-0.05, 0) is 18.6 Å². The molecule has 2 amide bonds. The molecule has 3 N–H and O–H groups in total. The van der Waals surface area contributed by atoms with E-state index in [0.717, 1.165) is 0 Å². The number of hydrogen-bond donors (Lipinski definition) is 3. The van der Waals surface area contributed by atoms with Crippen LogP contribution < -0.4 is 10.6 Å². The lowest BCUT2D eigenvalue weighted by Gasteiger charge is -2.06. The molecule has 0 unspecified atom stereocenters. The number of pyridine rings is 1. The summed E-state index contributed by atoms with van der Waals surface area (Å²) in [6.07, 6.45) is 1.79. The monoisotopic (exact) mass is 265 g/mol. The summed E-state index contributed by atoms with van der Waals surface area (Å²) in [6.45, 7) is 1.63. The van der Waals surface area contributed by atoms with E-state index in [1.54, 1.807) is 0 Å². The van der Waals surface area contributed by atoms with Gasteiger partial charge in [0.25, 0.3) is 5.91 Å². The minimum absolute atomic E-state index is 0.00771. The van der Waals surface area contributed by atoms with Crippen LogP contribution in [0.5, 0.6) is 0 Å². The van der Waals surface area contributed by atoms with E-state index in [1.165, 1.54) is 25.3 Å². The van der Waals surface area contributed by atoms with Gasteiger partial charge in [-0.2, -0.15) is 0 Å². The molecular weight excluding hydrogens is 250 g/mol. The highest BCUT2D eigenvalue weighted by Crippen LogP contribution is 2.06. The van der Waals surface area contributed by atoms with Crippen molar-refractivity contribution in [1.82, 2.24) is 10.3 Å². The summed E-state index contributed by atoms with van der Waals surface area (Å²) in [5.41, 5.74) is 0.356. The fourth-order valence-electron chi connectivity index (χ4n) is 1.36. The molecule has 0 aliphatic heterocycles. The van der Waals surface area contributed by atoms with Crippen LogP contribution in [-0.2, 0) is 9.59 Å². The third-order valence-electron chi connectivity index (χ3n) is 2.18. The molecule has 1 rings (SSSR count). The van der Waals surface area contributed by atoms with Gasteiger partial charge < -0.3 is 15.7 Å². The molecule has 7 nitrogen and oxygen atoms in total. The van der Waals surface area contributed by atoms with E-state index < -0.39 is 5.97 Å². The Balaban J connectivity index is 2.52. The fraction of sp³-hybridized carbons (Fsp3) is 0.333. The first-order chi connectivity index (χ1) is 8.99. The highest BCUT2D eigenvalue weighted by atomic mass is 16.4. The minimum Gasteiger partial charge on any atom is -0.481 e. The van der Waals surface area contributed by atoms with Crippen molar-refractivity contribution in [1.29, 1.82) is 0 Å². The number of amides is 2. The van der Waals surface area contributed by atoms with E-state index in [0.29, 0.717) is 17.8 Å². The van der Waals surface area contributed by atoms with Crippen molar-refractivity contribution in [2.45, 2.75) is 19.8 Å².